The van der Waals surface area contributed by atoms with Gasteiger partial charge in [0.15, 0.2) is 0 Å². The van der Waals surface area contributed by atoms with Crippen LogP contribution in [0, 0.1) is 0 Å². The number of hydrogen-bond acceptors (Lipinski definition) is 4. The highest BCUT2D eigenvalue weighted by Crippen LogP contribution is 2.13. The maximum Gasteiger partial charge on any atom is 0.253 e. The summed E-state index contributed by atoms with van der Waals surface area (Å²) in [5.74, 6) is -0.0438. The molecule has 5 heteroatoms. The van der Waals surface area contributed by atoms with Gasteiger partial charge in [-0.2, -0.15) is 0 Å². The molecule has 5 nitrogen and oxygen atoms in total. The van der Waals surface area contributed by atoms with Crippen molar-refractivity contribution in [1.82, 2.24) is 10.3 Å². The van der Waals surface area contributed by atoms with Gasteiger partial charge in [-0.25, -0.2) is 0 Å². The molecule has 1 rings (SSSR count). The van der Waals surface area contributed by atoms with Gasteiger partial charge in [0.25, 0.3) is 5.91 Å². The molecule has 0 atom stereocenters. The van der Waals surface area contributed by atoms with Crippen LogP contribution in [0.2, 0.25) is 0 Å². The van der Waals surface area contributed by atoms with Gasteiger partial charge in [0, 0.05) is 33.0 Å². The van der Waals surface area contributed by atoms with Crippen LogP contribution in [-0.4, -0.2) is 37.7 Å². The summed E-state index contributed by atoms with van der Waals surface area (Å²) in [5.41, 5.74) is 1.46. The van der Waals surface area contributed by atoms with Gasteiger partial charge in [0.2, 0.25) is 0 Å². The van der Waals surface area contributed by atoms with Crippen LogP contribution >= 0.6 is 0 Å². The maximum atomic E-state index is 12.1. The van der Waals surface area contributed by atoms with Crippen molar-refractivity contribution in [3.63, 3.8) is 0 Å². The zero-order valence-corrected chi connectivity index (χ0v) is 12.4. The number of nitrogens with zero attached hydrogens (tertiary/aromatic N) is 1. The minimum atomic E-state index is -0.0438. The number of methoxy groups -OCH3 is 1. The summed E-state index contributed by atoms with van der Waals surface area (Å²) in [7, 11) is 1.70. The van der Waals surface area contributed by atoms with Crippen molar-refractivity contribution in [3.8, 4) is 0 Å². The second-order valence-corrected chi connectivity index (χ2v) is 4.66. The van der Waals surface area contributed by atoms with Crippen LogP contribution in [0.1, 0.15) is 43.0 Å². The Morgan fingerprint density at radius 3 is 2.90 bits per heavy atom. The summed E-state index contributed by atoms with van der Waals surface area (Å²) < 4.78 is 4.99. The molecule has 0 aliphatic carbocycles. The van der Waals surface area contributed by atoms with E-state index < -0.39 is 0 Å². The van der Waals surface area contributed by atoms with Crippen molar-refractivity contribution in [2.24, 2.45) is 0 Å². The second kappa shape index (κ2) is 10.2. The normalized spacial score (nSPS) is 10.3. The standard InChI is InChI=1S/C15H25N3O2/c1-3-8-17-14-12-16-10-7-13(14)15(19)18-9-5-4-6-11-20-2/h7,10,12,17H,3-6,8-9,11H2,1-2H3,(H,18,19). The van der Waals surface area contributed by atoms with Crippen molar-refractivity contribution < 1.29 is 9.53 Å². The summed E-state index contributed by atoms with van der Waals surface area (Å²) in [5, 5.41) is 6.17. The Bertz CT molecular complexity index is 396. The number of amides is 1. The molecule has 0 unspecified atom stereocenters. The summed E-state index contributed by atoms with van der Waals surface area (Å²) in [4.78, 5) is 16.2. The van der Waals surface area contributed by atoms with Crippen LogP contribution in [0.4, 0.5) is 5.69 Å². The number of hydrogen-bond donors (Lipinski definition) is 2. The van der Waals surface area contributed by atoms with Gasteiger partial charge in [0.05, 0.1) is 17.4 Å². The van der Waals surface area contributed by atoms with Crippen LogP contribution in [-0.2, 0) is 4.74 Å². The lowest BCUT2D eigenvalue weighted by atomic mass is 10.2. The lowest BCUT2D eigenvalue weighted by Crippen LogP contribution is -2.25. The molecule has 1 amide bonds. The highest BCUT2D eigenvalue weighted by molar-refractivity contribution is 5.99. The lowest BCUT2D eigenvalue weighted by molar-refractivity contribution is 0.0953. The molecule has 2 N–H and O–H groups in total. The summed E-state index contributed by atoms with van der Waals surface area (Å²) in [6.45, 7) is 4.40. The number of carbonyl (C=O) groups is 1. The third-order valence-corrected chi connectivity index (χ3v) is 2.94. The van der Waals surface area contributed by atoms with Crippen LogP contribution in [0.25, 0.3) is 0 Å². The Labute approximate surface area is 121 Å². The molecule has 112 valence electrons. The molecule has 1 aromatic rings. The highest BCUT2D eigenvalue weighted by atomic mass is 16.5. The highest BCUT2D eigenvalue weighted by Gasteiger charge is 2.10. The average Bonchev–Trinajstić information content (AvgIpc) is 2.48. The monoisotopic (exact) mass is 279 g/mol. The molecule has 1 aromatic heterocycles. The predicted molar refractivity (Wildman–Crippen MR) is 81.1 cm³/mol. The van der Waals surface area contributed by atoms with Crippen LogP contribution in [0.5, 0.6) is 0 Å². The molecule has 20 heavy (non-hydrogen) atoms. The van der Waals surface area contributed by atoms with E-state index in [-0.39, 0.29) is 5.91 Å². The van der Waals surface area contributed by atoms with Gasteiger partial charge in [-0.1, -0.05) is 6.92 Å². The van der Waals surface area contributed by atoms with Crippen molar-refractivity contribution in [2.45, 2.75) is 32.6 Å². The number of nitrogens with one attached hydrogen (secondary N) is 2. The zero-order chi connectivity index (χ0) is 14.6. The van der Waals surface area contributed by atoms with Gasteiger partial charge in [-0.3, -0.25) is 9.78 Å². The van der Waals surface area contributed by atoms with E-state index in [4.69, 9.17) is 4.74 Å². The number of carbonyl (C=O) groups excluding carboxylic acids is 1. The first-order valence-corrected chi connectivity index (χ1v) is 7.24. The molecule has 0 radical (unpaired) electrons. The number of rotatable bonds is 10. The average molecular weight is 279 g/mol. The summed E-state index contributed by atoms with van der Waals surface area (Å²) in [6, 6.07) is 1.75. The Hall–Kier alpha value is -1.62. The fraction of sp³-hybridized carbons (Fsp3) is 0.600. The van der Waals surface area contributed by atoms with E-state index in [2.05, 4.69) is 22.5 Å². The Morgan fingerprint density at radius 1 is 1.30 bits per heavy atom. The van der Waals surface area contributed by atoms with Crippen molar-refractivity contribution in [3.05, 3.63) is 24.0 Å². The minimum Gasteiger partial charge on any atom is -0.385 e. The molecule has 0 aliphatic rings. The number of aromatic nitrogens is 1. The Kier molecular flexibility index (Phi) is 8.38. The summed E-state index contributed by atoms with van der Waals surface area (Å²) >= 11 is 0. The van der Waals surface area contributed by atoms with Crippen LogP contribution in [0.3, 0.4) is 0 Å². The predicted octanol–water partition coefficient (Wildman–Crippen LogP) is 2.45. The number of ether oxygens (including phenoxy) is 1. The third kappa shape index (κ3) is 6.02. The first kappa shape index (κ1) is 16.4. The Balaban J connectivity index is 2.38. The summed E-state index contributed by atoms with van der Waals surface area (Å²) in [6.07, 6.45) is 7.41. The van der Waals surface area contributed by atoms with E-state index in [0.717, 1.165) is 44.5 Å². The lowest BCUT2D eigenvalue weighted by Gasteiger charge is -2.11. The van der Waals surface area contributed by atoms with Crippen molar-refractivity contribution in [1.29, 1.82) is 0 Å². The fourth-order valence-corrected chi connectivity index (χ4v) is 1.84. The number of anilines is 1. The van der Waals surface area contributed by atoms with Crippen LogP contribution in [0.15, 0.2) is 18.5 Å². The van der Waals surface area contributed by atoms with Gasteiger partial charge in [-0.15, -0.1) is 0 Å². The van der Waals surface area contributed by atoms with E-state index in [1.807, 2.05) is 0 Å². The van der Waals surface area contributed by atoms with E-state index in [1.165, 1.54) is 0 Å². The minimum absolute atomic E-state index is 0.0438. The number of pyridine rings is 1. The van der Waals surface area contributed by atoms with E-state index in [0.29, 0.717) is 12.1 Å². The molecule has 0 fully saturated rings. The van der Waals surface area contributed by atoms with E-state index in [9.17, 15) is 4.79 Å². The topological polar surface area (TPSA) is 63.2 Å². The largest absolute Gasteiger partial charge is 0.385 e. The fourth-order valence-electron chi connectivity index (χ4n) is 1.84. The number of unbranched alkanes of at least 4 members (excludes halogenated alkanes) is 2. The van der Waals surface area contributed by atoms with Crippen molar-refractivity contribution in [2.75, 3.05) is 32.1 Å². The Morgan fingerprint density at radius 2 is 2.15 bits per heavy atom. The molecular formula is C15H25N3O2. The second-order valence-electron chi connectivity index (χ2n) is 4.66. The molecular weight excluding hydrogens is 254 g/mol. The molecule has 0 aliphatic heterocycles. The molecule has 0 saturated heterocycles. The first-order chi connectivity index (χ1) is 9.79. The quantitative estimate of drug-likeness (QED) is 0.646. The van der Waals surface area contributed by atoms with E-state index >= 15 is 0 Å². The molecule has 0 bridgehead atoms. The SMILES string of the molecule is CCCNc1cnccc1C(=O)NCCCCCOC. The smallest absolute Gasteiger partial charge is 0.253 e. The van der Waals surface area contributed by atoms with Crippen molar-refractivity contribution >= 4 is 11.6 Å². The van der Waals surface area contributed by atoms with Gasteiger partial charge >= 0.3 is 0 Å². The van der Waals surface area contributed by atoms with E-state index in [1.54, 1.807) is 25.6 Å². The third-order valence-electron chi connectivity index (χ3n) is 2.94. The maximum absolute atomic E-state index is 12.1. The van der Waals surface area contributed by atoms with Gasteiger partial charge < -0.3 is 15.4 Å². The molecule has 1 heterocycles. The first-order valence-electron chi connectivity index (χ1n) is 7.24. The van der Waals surface area contributed by atoms with Crippen LogP contribution < -0.4 is 10.6 Å². The zero-order valence-electron chi connectivity index (χ0n) is 12.4. The molecule has 0 spiro atoms. The van der Waals surface area contributed by atoms with Gasteiger partial charge in [0.1, 0.15) is 0 Å². The molecule has 0 aromatic carbocycles. The molecule has 0 saturated carbocycles. The van der Waals surface area contributed by atoms with Gasteiger partial charge in [-0.05, 0) is 31.7 Å².